The number of rotatable bonds is 8. The van der Waals surface area contributed by atoms with Crippen molar-refractivity contribution in [3.8, 4) is 0 Å². The van der Waals surface area contributed by atoms with E-state index in [1.807, 2.05) is 36.1 Å². The molecule has 0 saturated carbocycles. The largest absolute Gasteiger partial charge is 0.395 e. The summed E-state index contributed by atoms with van der Waals surface area (Å²) < 4.78 is 5.00. The second-order valence-electron chi connectivity index (χ2n) is 4.23. The SMILES string of the molecule is COCCN(CCO)CC(=O)c1ccccc1C. The van der Waals surface area contributed by atoms with Crippen LogP contribution in [0.4, 0.5) is 0 Å². The van der Waals surface area contributed by atoms with Gasteiger partial charge in [0.1, 0.15) is 0 Å². The van der Waals surface area contributed by atoms with Gasteiger partial charge in [0.2, 0.25) is 0 Å². The van der Waals surface area contributed by atoms with Crippen molar-refractivity contribution >= 4 is 5.78 Å². The predicted octanol–water partition coefficient (Wildman–Crippen LogP) is 1.12. The van der Waals surface area contributed by atoms with E-state index in [9.17, 15) is 4.79 Å². The molecule has 1 aromatic carbocycles. The number of nitrogens with zero attached hydrogens (tertiary/aromatic N) is 1. The van der Waals surface area contributed by atoms with E-state index in [0.29, 0.717) is 26.2 Å². The van der Waals surface area contributed by atoms with Crippen molar-refractivity contribution in [3.05, 3.63) is 35.4 Å². The topological polar surface area (TPSA) is 49.8 Å². The highest BCUT2D eigenvalue weighted by atomic mass is 16.5. The van der Waals surface area contributed by atoms with Crippen LogP contribution in [0, 0.1) is 6.92 Å². The first kappa shape index (κ1) is 14.8. The molecule has 0 aliphatic heterocycles. The van der Waals surface area contributed by atoms with Gasteiger partial charge < -0.3 is 9.84 Å². The molecule has 1 aromatic rings. The second-order valence-corrected chi connectivity index (χ2v) is 4.23. The Bertz CT molecular complexity index is 379. The van der Waals surface area contributed by atoms with Crippen LogP contribution < -0.4 is 0 Å². The molecule has 0 unspecified atom stereocenters. The predicted molar refractivity (Wildman–Crippen MR) is 70.9 cm³/mol. The zero-order valence-electron chi connectivity index (χ0n) is 11.1. The summed E-state index contributed by atoms with van der Waals surface area (Å²) in [6.45, 7) is 3.98. The van der Waals surface area contributed by atoms with E-state index < -0.39 is 0 Å². The summed E-state index contributed by atoms with van der Waals surface area (Å²) in [6.07, 6.45) is 0. The van der Waals surface area contributed by atoms with Gasteiger partial charge in [-0.2, -0.15) is 0 Å². The number of methoxy groups -OCH3 is 1. The Morgan fingerprint density at radius 1 is 1.33 bits per heavy atom. The van der Waals surface area contributed by atoms with Gasteiger partial charge in [0.25, 0.3) is 0 Å². The molecular formula is C14H21NO3. The Balaban J connectivity index is 2.63. The lowest BCUT2D eigenvalue weighted by Gasteiger charge is -2.20. The fourth-order valence-electron chi connectivity index (χ4n) is 1.81. The van der Waals surface area contributed by atoms with Crippen molar-refractivity contribution in [2.24, 2.45) is 0 Å². The number of hydrogen-bond donors (Lipinski definition) is 1. The monoisotopic (exact) mass is 251 g/mol. The van der Waals surface area contributed by atoms with Gasteiger partial charge in [-0.3, -0.25) is 9.69 Å². The second kappa shape index (κ2) is 7.97. The Morgan fingerprint density at radius 2 is 2.06 bits per heavy atom. The van der Waals surface area contributed by atoms with Crippen LogP contribution in [-0.2, 0) is 4.74 Å². The van der Waals surface area contributed by atoms with Gasteiger partial charge >= 0.3 is 0 Å². The lowest BCUT2D eigenvalue weighted by molar-refractivity contribution is 0.0868. The number of aliphatic hydroxyl groups excluding tert-OH is 1. The van der Waals surface area contributed by atoms with Gasteiger partial charge in [0, 0.05) is 25.8 Å². The van der Waals surface area contributed by atoms with E-state index in [2.05, 4.69) is 0 Å². The Hall–Kier alpha value is -1.23. The molecule has 18 heavy (non-hydrogen) atoms. The average Bonchev–Trinajstić information content (AvgIpc) is 2.36. The van der Waals surface area contributed by atoms with E-state index >= 15 is 0 Å². The fraction of sp³-hybridized carbons (Fsp3) is 0.500. The van der Waals surface area contributed by atoms with Crippen LogP contribution in [-0.4, -0.2) is 55.7 Å². The summed E-state index contributed by atoms with van der Waals surface area (Å²) in [5, 5.41) is 8.98. The van der Waals surface area contributed by atoms with Crippen molar-refractivity contribution in [1.82, 2.24) is 4.90 Å². The van der Waals surface area contributed by atoms with Crippen molar-refractivity contribution in [2.45, 2.75) is 6.92 Å². The third-order valence-corrected chi connectivity index (χ3v) is 2.84. The minimum Gasteiger partial charge on any atom is -0.395 e. The number of carbonyl (C=O) groups excluding carboxylic acids is 1. The highest BCUT2D eigenvalue weighted by Gasteiger charge is 2.13. The van der Waals surface area contributed by atoms with Crippen LogP contribution in [0.15, 0.2) is 24.3 Å². The molecule has 4 heteroatoms. The number of carbonyl (C=O) groups is 1. The summed E-state index contributed by atoms with van der Waals surface area (Å²) in [6, 6.07) is 7.55. The number of ketones is 1. The molecule has 0 aliphatic rings. The van der Waals surface area contributed by atoms with Crippen molar-refractivity contribution < 1.29 is 14.6 Å². The van der Waals surface area contributed by atoms with Gasteiger partial charge in [0.05, 0.1) is 19.8 Å². The van der Waals surface area contributed by atoms with Crippen LogP contribution in [0.25, 0.3) is 0 Å². The number of benzene rings is 1. The lowest BCUT2D eigenvalue weighted by Crippen LogP contribution is -2.35. The molecule has 0 spiro atoms. The minimum atomic E-state index is 0.0464. The summed E-state index contributed by atoms with van der Waals surface area (Å²) in [7, 11) is 1.63. The molecular weight excluding hydrogens is 230 g/mol. The van der Waals surface area contributed by atoms with Crippen LogP contribution in [0.3, 0.4) is 0 Å². The van der Waals surface area contributed by atoms with E-state index in [1.54, 1.807) is 7.11 Å². The molecule has 0 heterocycles. The molecule has 0 fully saturated rings. The first-order valence-electron chi connectivity index (χ1n) is 6.10. The van der Waals surface area contributed by atoms with E-state index in [0.717, 1.165) is 11.1 Å². The first-order chi connectivity index (χ1) is 8.69. The van der Waals surface area contributed by atoms with E-state index in [4.69, 9.17) is 9.84 Å². The van der Waals surface area contributed by atoms with Crippen LogP contribution in [0.5, 0.6) is 0 Å². The molecule has 0 radical (unpaired) electrons. The molecule has 0 atom stereocenters. The van der Waals surface area contributed by atoms with Crippen LogP contribution in [0.2, 0.25) is 0 Å². The molecule has 0 aliphatic carbocycles. The highest BCUT2D eigenvalue weighted by molar-refractivity contribution is 5.98. The summed E-state index contributed by atoms with van der Waals surface area (Å²) in [5.74, 6) is 0.0812. The summed E-state index contributed by atoms with van der Waals surface area (Å²) >= 11 is 0. The zero-order chi connectivity index (χ0) is 13.4. The van der Waals surface area contributed by atoms with Gasteiger partial charge in [-0.05, 0) is 12.5 Å². The van der Waals surface area contributed by atoms with Gasteiger partial charge in [0.15, 0.2) is 5.78 Å². The fourth-order valence-corrected chi connectivity index (χ4v) is 1.81. The van der Waals surface area contributed by atoms with Crippen LogP contribution >= 0.6 is 0 Å². The zero-order valence-corrected chi connectivity index (χ0v) is 11.1. The van der Waals surface area contributed by atoms with E-state index in [-0.39, 0.29) is 12.4 Å². The molecule has 1 N–H and O–H groups in total. The molecule has 1 rings (SSSR count). The molecule has 0 bridgehead atoms. The molecule has 100 valence electrons. The summed E-state index contributed by atoms with van der Waals surface area (Å²) in [4.78, 5) is 14.1. The lowest BCUT2D eigenvalue weighted by atomic mass is 10.0. The third-order valence-electron chi connectivity index (χ3n) is 2.84. The first-order valence-corrected chi connectivity index (χ1v) is 6.10. The maximum atomic E-state index is 12.1. The Morgan fingerprint density at radius 3 is 2.67 bits per heavy atom. The van der Waals surface area contributed by atoms with Crippen LogP contribution in [0.1, 0.15) is 15.9 Å². The van der Waals surface area contributed by atoms with E-state index in [1.165, 1.54) is 0 Å². The molecule has 0 aromatic heterocycles. The van der Waals surface area contributed by atoms with Gasteiger partial charge in [-0.1, -0.05) is 24.3 Å². The van der Waals surface area contributed by atoms with Gasteiger partial charge in [-0.25, -0.2) is 0 Å². The molecule has 0 amide bonds. The number of hydrogen-bond acceptors (Lipinski definition) is 4. The van der Waals surface area contributed by atoms with Gasteiger partial charge in [-0.15, -0.1) is 0 Å². The van der Waals surface area contributed by atoms with Crippen molar-refractivity contribution in [3.63, 3.8) is 0 Å². The minimum absolute atomic E-state index is 0.0464. The normalized spacial score (nSPS) is 10.9. The third kappa shape index (κ3) is 4.56. The Kier molecular flexibility index (Phi) is 6.57. The molecule has 0 saturated heterocycles. The number of ether oxygens (including phenoxy) is 1. The highest BCUT2D eigenvalue weighted by Crippen LogP contribution is 2.08. The average molecular weight is 251 g/mol. The van der Waals surface area contributed by atoms with Crippen molar-refractivity contribution in [2.75, 3.05) is 40.0 Å². The summed E-state index contributed by atoms with van der Waals surface area (Å²) in [5.41, 5.74) is 1.73. The number of Topliss-reactive ketones (excluding diaryl/α,β-unsaturated/α-hetero) is 1. The Labute approximate surface area is 108 Å². The molecule has 4 nitrogen and oxygen atoms in total. The van der Waals surface area contributed by atoms with Crippen molar-refractivity contribution in [1.29, 1.82) is 0 Å². The maximum absolute atomic E-state index is 12.1. The number of aliphatic hydroxyl groups is 1. The quantitative estimate of drug-likeness (QED) is 0.703. The smallest absolute Gasteiger partial charge is 0.177 e. The maximum Gasteiger partial charge on any atom is 0.177 e. The number of aryl methyl sites for hydroxylation is 1. The standard InChI is InChI=1S/C14H21NO3/c1-12-5-3-4-6-13(12)14(17)11-15(7-9-16)8-10-18-2/h3-6,16H,7-11H2,1-2H3.